The zero-order valence-corrected chi connectivity index (χ0v) is 16.8. The fraction of sp³-hybridized carbons (Fsp3) is 0.143. The van der Waals surface area contributed by atoms with E-state index in [0.29, 0.717) is 22.5 Å². The molecule has 1 atom stereocenters. The number of ether oxygens (including phenoxy) is 1. The molecule has 0 aliphatic heterocycles. The first-order valence-corrected chi connectivity index (χ1v) is 10.4. The van der Waals surface area contributed by atoms with Crippen molar-refractivity contribution in [3.63, 3.8) is 0 Å². The molecular weight excluding hydrogens is 394 g/mol. The molecule has 0 aliphatic rings. The van der Waals surface area contributed by atoms with Crippen LogP contribution in [-0.2, 0) is 23.2 Å². The van der Waals surface area contributed by atoms with E-state index in [4.69, 9.17) is 16.3 Å². The number of aromatic nitrogens is 3. The summed E-state index contributed by atoms with van der Waals surface area (Å²) in [5, 5.41) is 1.01. The minimum atomic E-state index is -1.36. The van der Waals surface area contributed by atoms with Gasteiger partial charge in [0.15, 0.2) is 5.16 Å². The monoisotopic (exact) mass is 411 g/mol. The van der Waals surface area contributed by atoms with Crippen molar-refractivity contribution in [3.8, 4) is 5.75 Å². The highest BCUT2D eigenvalue weighted by Crippen LogP contribution is 2.22. The molecule has 0 amide bonds. The van der Waals surface area contributed by atoms with Gasteiger partial charge in [0.2, 0.25) is 0 Å². The number of rotatable bonds is 6. The summed E-state index contributed by atoms with van der Waals surface area (Å²) in [6.07, 6.45) is 1.74. The SMILES string of the molecule is Cc1cnc(CS(=O)c2nc3ccc(Cl)cc3[nH]2)cc1OCc1ccccc1. The van der Waals surface area contributed by atoms with E-state index >= 15 is 0 Å². The molecule has 5 nitrogen and oxygen atoms in total. The molecule has 2 aromatic carbocycles. The zero-order valence-electron chi connectivity index (χ0n) is 15.2. The fourth-order valence-electron chi connectivity index (χ4n) is 2.78. The van der Waals surface area contributed by atoms with E-state index in [1.54, 1.807) is 24.4 Å². The molecule has 0 aliphatic carbocycles. The number of fused-ring (bicyclic) bond motifs is 1. The van der Waals surface area contributed by atoms with E-state index in [9.17, 15) is 4.21 Å². The summed E-state index contributed by atoms with van der Waals surface area (Å²) in [5.41, 5.74) is 4.20. The highest BCUT2D eigenvalue weighted by Gasteiger charge is 2.13. The van der Waals surface area contributed by atoms with E-state index in [1.165, 1.54) is 0 Å². The third kappa shape index (κ3) is 4.24. The third-order valence-electron chi connectivity index (χ3n) is 4.26. The number of halogens is 1. The van der Waals surface area contributed by atoms with Gasteiger partial charge in [-0.05, 0) is 30.7 Å². The Morgan fingerprint density at radius 3 is 2.79 bits per heavy atom. The fourth-order valence-corrected chi connectivity index (χ4v) is 3.94. The maximum absolute atomic E-state index is 12.7. The van der Waals surface area contributed by atoms with Crippen LogP contribution in [0, 0.1) is 6.92 Å². The van der Waals surface area contributed by atoms with Gasteiger partial charge in [0, 0.05) is 22.8 Å². The van der Waals surface area contributed by atoms with Crippen LogP contribution in [0.4, 0.5) is 0 Å². The van der Waals surface area contributed by atoms with Crippen LogP contribution in [0.5, 0.6) is 5.75 Å². The quantitative estimate of drug-likeness (QED) is 0.494. The van der Waals surface area contributed by atoms with E-state index in [2.05, 4.69) is 15.0 Å². The molecule has 2 heterocycles. The minimum Gasteiger partial charge on any atom is -0.489 e. The van der Waals surface area contributed by atoms with Crippen molar-refractivity contribution in [1.82, 2.24) is 15.0 Å². The van der Waals surface area contributed by atoms with Crippen LogP contribution in [0.25, 0.3) is 11.0 Å². The lowest BCUT2D eigenvalue weighted by atomic mass is 10.2. The second-order valence-electron chi connectivity index (χ2n) is 6.41. The molecule has 142 valence electrons. The van der Waals surface area contributed by atoms with Gasteiger partial charge in [-0.1, -0.05) is 41.9 Å². The van der Waals surface area contributed by atoms with Crippen molar-refractivity contribution >= 4 is 33.4 Å². The average Bonchev–Trinajstić information content (AvgIpc) is 3.12. The lowest BCUT2D eigenvalue weighted by Gasteiger charge is -2.10. The Morgan fingerprint density at radius 2 is 1.96 bits per heavy atom. The number of aromatic amines is 1. The number of H-pyrrole nitrogens is 1. The normalized spacial score (nSPS) is 12.2. The molecule has 1 N–H and O–H groups in total. The Balaban J connectivity index is 1.49. The van der Waals surface area contributed by atoms with Crippen LogP contribution in [0.3, 0.4) is 0 Å². The first-order chi connectivity index (χ1) is 13.6. The van der Waals surface area contributed by atoms with Crippen LogP contribution in [0.2, 0.25) is 5.02 Å². The summed E-state index contributed by atoms with van der Waals surface area (Å²) in [6, 6.07) is 17.1. The number of benzene rings is 2. The van der Waals surface area contributed by atoms with Crippen molar-refractivity contribution in [1.29, 1.82) is 0 Å². The number of imidazole rings is 1. The van der Waals surface area contributed by atoms with Crippen molar-refractivity contribution < 1.29 is 8.95 Å². The molecule has 1 unspecified atom stereocenters. The van der Waals surface area contributed by atoms with Crippen LogP contribution >= 0.6 is 11.6 Å². The predicted octanol–water partition coefficient (Wildman–Crippen LogP) is 4.81. The van der Waals surface area contributed by atoms with Gasteiger partial charge in [-0.15, -0.1) is 0 Å². The molecule has 0 fully saturated rings. The largest absolute Gasteiger partial charge is 0.489 e. The van der Waals surface area contributed by atoms with Crippen molar-refractivity contribution in [2.24, 2.45) is 0 Å². The van der Waals surface area contributed by atoms with Gasteiger partial charge in [-0.3, -0.25) is 9.19 Å². The summed E-state index contributed by atoms with van der Waals surface area (Å²) in [5.74, 6) is 0.984. The Hall–Kier alpha value is -2.70. The summed E-state index contributed by atoms with van der Waals surface area (Å²) in [7, 11) is -1.36. The number of nitrogens with zero attached hydrogens (tertiary/aromatic N) is 2. The number of hydrogen-bond acceptors (Lipinski definition) is 4. The standard InChI is InChI=1S/C21H18ClN3O2S/c1-14-11-23-17(10-20(14)27-12-15-5-3-2-4-6-15)13-28(26)21-24-18-8-7-16(22)9-19(18)25-21/h2-11H,12-13H2,1H3,(H,24,25). The van der Waals surface area contributed by atoms with Crippen molar-refractivity contribution in [2.75, 3.05) is 0 Å². The molecule has 2 aromatic heterocycles. The van der Waals surface area contributed by atoms with Crippen molar-refractivity contribution in [3.05, 3.63) is 82.6 Å². The van der Waals surface area contributed by atoms with Gasteiger partial charge >= 0.3 is 0 Å². The minimum absolute atomic E-state index is 0.246. The van der Waals surface area contributed by atoms with Gasteiger partial charge < -0.3 is 9.72 Å². The van der Waals surface area contributed by atoms with Gasteiger partial charge in [-0.25, -0.2) is 4.98 Å². The first kappa shape index (κ1) is 18.7. The Morgan fingerprint density at radius 1 is 1.14 bits per heavy atom. The maximum Gasteiger partial charge on any atom is 0.197 e. The summed E-state index contributed by atoms with van der Waals surface area (Å²) < 4.78 is 18.7. The summed E-state index contributed by atoms with van der Waals surface area (Å²) in [6.45, 7) is 2.41. The van der Waals surface area contributed by atoms with E-state index in [1.807, 2.05) is 43.3 Å². The van der Waals surface area contributed by atoms with E-state index < -0.39 is 10.8 Å². The van der Waals surface area contributed by atoms with E-state index in [0.717, 1.165) is 27.9 Å². The van der Waals surface area contributed by atoms with Crippen LogP contribution in [0.1, 0.15) is 16.8 Å². The van der Waals surface area contributed by atoms with Gasteiger partial charge in [0.25, 0.3) is 0 Å². The third-order valence-corrected chi connectivity index (χ3v) is 5.68. The lowest BCUT2D eigenvalue weighted by molar-refractivity contribution is 0.303. The van der Waals surface area contributed by atoms with Crippen LogP contribution in [0.15, 0.2) is 66.0 Å². The highest BCUT2D eigenvalue weighted by molar-refractivity contribution is 7.84. The molecule has 0 spiro atoms. The number of nitrogens with one attached hydrogen (secondary N) is 1. The lowest BCUT2D eigenvalue weighted by Crippen LogP contribution is -2.03. The number of hydrogen-bond donors (Lipinski definition) is 1. The van der Waals surface area contributed by atoms with Gasteiger partial charge in [-0.2, -0.15) is 0 Å². The molecule has 4 rings (SSSR count). The molecule has 4 aromatic rings. The Labute approximate surface area is 170 Å². The molecule has 0 radical (unpaired) electrons. The Kier molecular flexibility index (Phi) is 5.41. The average molecular weight is 412 g/mol. The van der Waals surface area contributed by atoms with Crippen LogP contribution in [-0.4, -0.2) is 19.2 Å². The van der Waals surface area contributed by atoms with E-state index in [-0.39, 0.29) is 5.75 Å². The zero-order chi connectivity index (χ0) is 19.5. The second kappa shape index (κ2) is 8.12. The first-order valence-electron chi connectivity index (χ1n) is 8.74. The number of pyridine rings is 1. The molecule has 28 heavy (non-hydrogen) atoms. The molecule has 0 saturated heterocycles. The number of aryl methyl sites for hydroxylation is 1. The molecule has 7 heteroatoms. The molecule has 0 bridgehead atoms. The van der Waals surface area contributed by atoms with Crippen molar-refractivity contribution in [2.45, 2.75) is 24.4 Å². The van der Waals surface area contributed by atoms with Crippen LogP contribution < -0.4 is 4.74 Å². The van der Waals surface area contributed by atoms with Gasteiger partial charge in [0.05, 0.1) is 33.3 Å². The highest BCUT2D eigenvalue weighted by atomic mass is 35.5. The van der Waals surface area contributed by atoms with Gasteiger partial charge in [0.1, 0.15) is 12.4 Å². The maximum atomic E-state index is 12.7. The summed E-state index contributed by atoms with van der Waals surface area (Å²) in [4.78, 5) is 11.9. The smallest absolute Gasteiger partial charge is 0.197 e. The molecule has 0 saturated carbocycles. The molecular formula is C21H18ClN3O2S. The predicted molar refractivity (Wildman–Crippen MR) is 111 cm³/mol. The Bertz CT molecular complexity index is 1150. The topological polar surface area (TPSA) is 67.9 Å². The summed E-state index contributed by atoms with van der Waals surface area (Å²) >= 11 is 6.00. The second-order valence-corrected chi connectivity index (χ2v) is 8.21.